The van der Waals surface area contributed by atoms with Crippen LogP contribution in [0, 0.1) is 6.92 Å². The van der Waals surface area contributed by atoms with Gasteiger partial charge in [-0.1, -0.05) is 6.07 Å². The summed E-state index contributed by atoms with van der Waals surface area (Å²) in [7, 11) is -4.22. The Morgan fingerprint density at radius 2 is 1.82 bits per heavy atom. The van der Waals surface area contributed by atoms with Crippen LogP contribution >= 0.6 is 0 Å². The number of amides is 1. The Morgan fingerprint density at radius 3 is 2.42 bits per heavy atom. The maximum absolute atomic E-state index is 12.6. The van der Waals surface area contributed by atoms with Crippen molar-refractivity contribution in [1.29, 1.82) is 0 Å². The summed E-state index contributed by atoms with van der Waals surface area (Å²) in [6, 6.07) is 11.1. The number of aryl methyl sites for hydroxylation is 1. The zero-order valence-corrected chi connectivity index (χ0v) is 20.4. The van der Waals surface area contributed by atoms with E-state index in [4.69, 9.17) is 9.47 Å². The van der Waals surface area contributed by atoms with Gasteiger partial charge in [-0.3, -0.25) is 9.10 Å². The summed E-state index contributed by atoms with van der Waals surface area (Å²) in [5.41, 5.74) is 1.28. The minimum atomic E-state index is -3.60. The van der Waals surface area contributed by atoms with Crippen molar-refractivity contribution in [2.24, 2.45) is 0 Å². The Morgan fingerprint density at radius 1 is 1.15 bits per heavy atom. The largest absolute Gasteiger partial charge is 0.492 e. The first kappa shape index (κ1) is 24.8. The number of nitrogens with one attached hydrogen (secondary N) is 1. The number of carbonyl (C=O) groups is 1. The van der Waals surface area contributed by atoms with Crippen LogP contribution in [0.2, 0.25) is 0 Å². The van der Waals surface area contributed by atoms with Crippen LogP contribution in [0.25, 0.3) is 0 Å². The molecule has 0 spiro atoms. The number of ether oxygens (including phenoxy) is 2. The van der Waals surface area contributed by atoms with E-state index in [1.165, 1.54) is 42.7 Å². The van der Waals surface area contributed by atoms with Crippen LogP contribution in [-0.2, 0) is 24.8 Å². The molecule has 0 bridgehead atoms. The van der Waals surface area contributed by atoms with Gasteiger partial charge in [0, 0.05) is 14.1 Å². The Balaban J connectivity index is 1.56. The minimum absolute atomic E-state index is 0.129. The van der Waals surface area contributed by atoms with E-state index in [0.29, 0.717) is 17.2 Å². The molecule has 1 aliphatic heterocycles. The highest BCUT2D eigenvalue weighted by Gasteiger charge is 2.35. The van der Waals surface area contributed by atoms with Gasteiger partial charge < -0.3 is 14.8 Å². The summed E-state index contributed by atoms with van der Waals surface area (Å²) in [5.74, 6) is 0.302. The fourth-order valence-electron chi connectivity index (χ4n) is 3.19. The van der Waals surface area contributed by atoms with E-state index in [-0.39, 0.29) is 24.6 Å². The topological polar surface area (TPSA) is 122 Å². The SMILES string of the molecule is Cc1ccc2c(c1)N(S(C)(=O)=O)CC(C(=O)NCCOc1ccc(S(=O)(=O)N(C)C)cc1)O2. The second-order valence-corrected chi connectivity index (χ2v) is 11.8. The molecule has 180 valence electrons. The Labute approximate surface area is 194 Å². The molecule has 1 unspecified atom stereocenters. The van der Waals surface area contributed by atoms with Gasteiger partial charge in [0.05, 0.1) is 29.9 Å². The molecule has 0 saturated carbocycles. The van der Waals surface area contributed by atoms with Crippen LogP contribution in [0.15, 0.2) is 47.4 Å². The molecule has 0 aromatic heterocycles. The molecule has 1 heterocycles. The first-order valence-corrected chi connectivity index (χ1v) is 13.4. The Kier molecular flexibility index (Phi) is 7.20. The van der Waals surface area contributed by atoms with Crippen molar-refractivity contribution < 1.29 is 31.1 Å². The number of sulfonamides is 2. The van der Waals surface area contributed by atoms with Crippen molar-refractivity contribution in [2.75, 3.05) is 44.4 Å². The number of fused-ring (bicyclic) bond motifs is 1. The molecule has 1 atom stereocenters. The average molecular weight is 498 g/mol. The zero-order chi connectivity index (χ0) is 24.4. The lowest BCUT2D eigenvalue weighted by Crippen LogP contribution is -2.51. The lowest BCUT2D eigenvalue weighted by Gasteiger charge is -2.34. The molecule has 2 aromatic rings. The molecule has 0 radical (unpaired) electrons. The molecule has 3 rings (SSSR count). The Bertz CT molecular complexity index is 1230. The summed E-state index contributed by atoms with van der Waals surface area (Å²) in [6.07, 6.45) is 0.0768. The van der Waals surface area contributed by atoms with E-state index in [1.54, 1.807) is 18.2 Å². The molecule has 0 aliphatic carbocycles. The van der Waals surface area contributed by atoms with Crippen molar-refractivity contribution in [3.8, 4) is 11.5 Å². The van der Waals surface area contributed by atoms with Crippen molar-refractivity contribution in [3.05, 3.63) is 48.0 Å². The summed E-state index contributed by atoms with van der Waals surface area (Å²) >= 11 is 0. The first-order chi connectivity index (χ1) is 15.4. The maximum Gasteiger partial charge on any atom is 0.263 e. The van der Waals surface area contributed by atoms with Gasteiger partial charge in [-0.15, -0.1) is 0 Å². The number of anilines is 1. The number of rotatable bonds is 8. The van der Waals surface area contributed by atoms with Gasteiger partial charge in [0.25, 0.3) is 5.91 Å². The molecule has 1 aliphatic rings. The lowest BCUT2D eigenvalue weighted by molar-refractivity contribution is -0.127. The second-order valence-electron chi connectivity index (χ2n) is 7.77. The number of hydrogen-bond donors (Lipinski definition) is 1. The molecule has 12 heteroatoms. The summed E-state index contributed by atoms with van der Waals surface area (Å²) < 4.78 is 62.3. The third kappa shape index (κ3) is 5.75. The highest BCUT2D eigenvalue weighted by molar-refractivity contribution is 7.92. The monoisotopic (exact) mass is 497 g/mol. The van der Waals surface area contributed by atoms with E-state index < -0.39 is 32.1 Å². The van der Waals surface area contributed by atoms with Gasteiger partial charge in [-0.05, 0) is 48.9 Å². The molecule has 1 N–H and O–H groups in total. The van der Waals surface area contributed by atoms with Crippen LogP contribution in [0.1, 0.15) is 5.56 Å². The molecule has 10 nitrogen and oxygen atoms in total. The number of benzene rings is 2. The highest BCUT2D eigenvalue weighted by atomic mass is 32.2. The highest BCUT2D eigenvalue weighted by Crippen LogP contribution is 2.35. The van der Waals surface area contributed by atoms with Gasteiger partial charge in [-0.2, -0.15) is 0 Å². The predicted molar refractivity (Wildman–Crippen MR) is 124 cm³/mol. The van der Waals surface area contributed by atoms with Crippen LogP contribution in [0.3, 0.4) is 0 Å². The fourth-order valence-corrected chi connectivity index (χ4v) is 5.00. The number of carbonyl (C=O) groups excluding carboxylic acids is 1. The van der Waals surface area contributed by atoms with Crippen LogP contribution in [-0.4, -0.2) is 73.2 Å². The van der Waals surface area contributed by atoms with Crippen LogP contribution in [0.4, 0.5) is 5.69 Å². The van der Waals surface area contributed by atoms with Gasteiger partial charge in [-0.25, -0.2) is 21.1 Å². The number of nitrogens with zero attached hydrogens (tertiary/aromatic N) is 2. The first-order valence-electron chi connectivity index (χ1n) is 10.1. The number of hydrogen-bond acceptors (Lipinski definition) is 7. The van der Waals surface area contributed by atoms with E-state index in [2.05, 4.69) is 5.32 Å². The van der Waals surface area contributed by atoms with Gasteiger partial charge in [0.1, 0.15) is 18.1 Å². The molecule has 2 aromatic carbocycles. The minimum Gasteiger partial charge on any atom is -0.492 e. The molecule has 0 fully saturated rings. The van der Waals surface area contributed by atoms with Crippen LogP contribution < -0.4 is 19.1 Å². The van der Waals surface area contributed by atoms with Crippen molar-refractivity contribution in [3.63, 3.8) is 0 Å². The fraction of sp³-hybridized carbons (Fsp3) is 0.381. The molecular formula is C21H27N3O7S2. The normalized spacial score (nSPS) is 16.2. The summed E-state index contributed by atoms with van der Waals surface area (Å²) in [4.78, 5) is 12.7. The molecule has 1 amide bonds. The maximum atomic E-state index is 12.6. The zero-order valence-electron chi connectivity index (χ0n) is 18.8. The van der Waals surface area contributed by atoms with Crippen molar-refractivity contribution in [2.45, 2.75) is 17.9 Å². The molecule has 0 saturated heterocycles. The van der Waals surface area contributed by atoms with E-state index in [1.807, 2.05) is 6.92 Å². The Hall–Kier alpha value is -2.83. The smallest absolute Gasteiger partial charge is 0.263 e. The van der Waals surface area contributed by atoms with Gasteiger partial charge in [0.2, 0.25) is 20.0 Å². The predicted octanol–water partition coefficient (Wildman–Crippen LogP) is 0.968. The quantitative estimate of drug-likeness (QED) is 0.539. The summed E-state index contributed by atoms with van der Waals surface area (Å²) in [5, 5.41) is 2.67. The van der Waals surface area contributed by atoms with E-state index in [9.17, 15) is 21.6 Å². The van der Waals surface area contributed by atoms with Gasteiger partial charge in [0.15, 0.2) is 6.10 Å². The third-order valence-electron chi connectivity index (χ3n) is 4.95. The van der Waals surface area contributed by atoms with E-state index in [0.717, 1.165) is 16.1 Å². The second kappa shape index (κ2) is 9.57. The third-order valence-corrected chi connectivity index (χ3v) is 7.92. The molecule has 33 heavy (non-hydrogen) atoms. The van der Waals surface area contributed by atoms with Crippen molar-refractivity contribution in [1.82, 2.24) is 9.62 Å². The van der Waals surface area contributed by atoms with Crippen molar-refractivity contribution >= 4 is 31.6 Å². The summed E-state index contributed by atoms with van der Waals surface area (Å²) in [6.45, 7) is 1.98. The standard InChI is InChI=1S/C21H27N3O7S2/c1-15-5-10-19-18(13-15)24(32(4,26)27)14-20(31-19)21(25)22-11-12-30-16-6-8-17(9-7-16)33(28,29)23(2)3/h5-10,13,20H,11-12,14H2,1-4H3,(H,22,25). The molecular weight excluding hydrogens is 470 g/mol. The van der Waals surface area contributed by atoms with Crippen LogP contribution in [0.5, 0.6) is 11.5 Å². The van der Waals surface area contributed by atoms with Gasteiger partial charge >= 0.3 is 0 Å². The van der Waals surface area contributed by atoms with E-state index >= 15 is 0 Å². The lowest BCUT2D eigenvalue weighted by atomic mass is 10.1. The average Bonchev–Trinajstić information content (AvgIpc) is 2.75.